The molecule has 1 aromatic carbocycles. The van der Waals surface area contributed by atoms with Crippen molar-refractivity contribution in [3.63, 3.8) is 0 Å². The zero-order chi connectivity index (χ0) is 15.2. The SMILES string of the molecule is COC(=O)[C@@](C)(Cc1ccc(NC#N)cc1)NC(C)=O. The summed E-state index contributed by atoms with van der Waals surface area (Å²) in [6, 6.07) is 7.01. The van der Waals surface area contributed by atoms with Crippen LogP contribution in [0.1, 0.15) is 19.4 Å². The first-order chi connectivity index (χ1) is 9.41. The predicted octanol–water partition coefficient (Wildman–Crippen LogP) is 1.19. The Morgan fingerprint density at radius 3 is 2.40 bits per heavy atom. The Kier molecular flexibility index (Phi) is 5.09. The average Bonchev–Trinajstić information content (AvgIpc) is 2.39. The standard InChI is InChI=1S/C14H17N3O3/c1-10(18)17-14(2,13(19)20-3)8-11-4-6-12(7-5-11)16-9-15/h4-7,16H,8H2,1-3H3,(H,17,18)/t14-/m1/s1. The minimum Gasteiger partial charge on any atom is -0.467 e. The second kappa shape index (κ2) is 6.57. The topological polar surface area (TPSA) is 91.2 Å². The molecule has 0 saturated carbocycles. The van der Waals surface area contributed by atoms with Crippen molar-refractivity contribution in [2.75, 3.05) is 12.4 Å². The summed E-state index contributed by atoms with van der Waals surface area (Å²) in [4.78, 5) is 23.1. The number of nitriles is 1. The minimum atomic E-state index is -1.12. The maximum absolute atomic E-state index is 11.9. The Hall–Kier alpha value is -2.55. The number of hydrogen-bond acceptors (Lipinski definition) is 5. The van der Waals surface area contributed by atoms with Gasteiger partial charge in [0.2, 0.25) is 5.91 Å². The van der Waals surface area contributed by atoms with E-state index in [1.165, 1.54) is 14.0 Å². The van der Waals surface area contributed by atoms with Crippen molar-refractivity contribution in [2.45, 2.75) is 25.8 Å². The first-order valence-corrected chi connectivity index (χ1v) is 6.02. The van der Waals surface area contributed by atoms with Crippen LogP contribution < -0.4 is 10.6 Å². The number of hydrogen-bond donors (Lipinski definition) is 2. The number of amides is 1. The molecule has 20 heavy (non-hydrogen) atoms. The molecule has 1 amide bonds. The molecular formula is C14H17N3O3. The summed E-state index contributed by atoms with van der Waals surface area (Å²) in [5.41, 5.74) is 0.385. The van der Waals surface area contributed by atoms with Crippen LogP contribution in [0.5, 0.6) is 0 Å². The fourth-order valence-electron chi connectivity index (χ4n) is 1.96. The number of nitrogens with one attached hydrogen (secondary N) is 2. The highest BCUT2D eigenvalue weighted by atomic mass is 16.5. The van der Waals surface area contributed by atoms with Gasteiger partial charge >= 0.3 is 5.97 Å². The zero-order valence-corrected chi connectivity index (χ0v) is 11.7. The number of rotatable bonds is 5. The Morgan fingerprint density at radius 1 is 1.35 bits per heavy atom. The quantitative estimate of drug-likeness (QED) is 0.478. The highest BCUT2D eigenvalue weighted by molar-refractivity contribution is 5.87. The Bertz CT molecular complexity index is 534. The number of methoxy groups -OCH3 is 1. The summed E-state index contributed by atoms with van der Waals surface area (Å²) in [7, 11) is 1.28. The molecule has 1 aromatic rings. The highest BCUT2D eigenvalue weighted by Crippen LogP contribution is 2.17. The number of anilines is 1. The van der Waals surface area contributed by atoms with Gasteiger partial charge in [0.25, 0.3) is 0 Å². The third kappa shape index (κ3) is 3.99. The molecule has 6 nitrogen and oxygen atoms in total. The molecule has 0 fully saturated rings. The van der Waals surface area contributed by atoms with Crippen LogP contribution in [0.3, 0.4) is 0 Å². The van der Waals surface area contributed by atoms with Crippen LogP contribution in [0.4, 0.5) is 5.69 Å². The predicted molar refractivity (Wildman–Crippen MR) is 73.6 cm³/mol. The molecule has 0 aliphatic heterocycles. The van der Waals surface area contributed by atoms with Crippen LogP contribution in [0, 0.1) is 11.5 Å². The van der Waals surface area contributed by atoms with Gasteiger partial charge in [-0.2, -0.15) is 5.26 Å². The summed E-state index contributed by atoms with van der Waals surface area (Å²) in [5, 5.41) is 13.6. The lowest BCUT2D eigenvalue weighted by molar-refractivity contribution is -0.149. The molecule has 2 N–H and O–H groups in total. The first kappa shape index (κ1) is 15.5. The van der Waals surface area contributed by atoms with Gasteiger partial charge in [0.05, 0.1) is 7.11 Å². The van der Waals surface area contributed by atoms with Gasteiger partial charge in [-0.05, 0) is 24.6 Å². The third-order valence-electron chi connectivity index (χ3n) is 2.80. The smallest absolute Gasteiger partial charge is 0.331 e. The lowest BCUT2D eigenvalue weighted by Gasteiger charge is -2.27. The lowest BCUT2D eigenvalue weighted by atomic mass is 9.92. The van der Waals surface area contributed by atoms with Crippen LogP contribution in [0.25, 0.3) is 0 Å². The van der Waals surface area contributed by atoms with Crippen molar-refractivity contribution in [1.29, 1.82) is 5.26 Å². The van der Waals surface area contributed by atoms with Crippen LogP contribution in [-0.4, -0.2) is 24.5 Å². The molecule has 0 aromatic heterocycles. The van der Waals surface area contributed by atoms with Gasteiger partial charge in [0.15, 0.2) is 6.19 Å². The van der Waals surface area contributed by atoms with Crippen molar-refractivity contribution in [2.24, 2.45) is 0 Å². The van der Waals surface area contributed by atoms with E-state index in [9.17, 15) is 9.59 Å². The van der Waals surface area contributed by atoms with Crippen molar-refractivity contribution in [3.8, 4) is 6.19 Å². The van der Waals surface area contributed by atoms with Crippen molar-refractivity contribution in [1.82, 2.24) is 5.32 Å². The van der Waals surface area contributed by atoms with Gasteiger partial charge in [-0.15, -0.1) is 0 Å². The van der Waals surface area contributed by atoms with Crippen molar-refractivity contribution >= 4 is 17.6 Å². The summed E-state index contributed by atoms with van der Waals surface area (Å²) >= 11 is 0. The lowest BCUT2D eigenvalue weighted by Crippen LogP contribution is -2.53. The van der Waals surface area contributed by atoms with E-state index in [0.29, 0.717) is 12.1 Å². The largest absolute Gasteiger partial charge is 0.467 e. The highest BCUT2D eigenvalue weighted by Gasteiger charge is 2.35. The van der Waals surface area contributed by atoms with Gasteiger partial charge in [-0.25, -0.2) is 4.79 Å². The molecule has 6 heteroatoms. The van der Waals surface area contributed by atoms with Gasteiger partial charge in [-0.1, -0.05) is 12.1 Å². The second-order valence-electron chi connectivity index (χ2n) is 4.62. The molecule has 106 valence electrons. The molecule has 0 heterocycles. The summed E-state index contributed by atoms with van der Waals surface area (Å²) < 4.78 is 4.74. The molecular weight excluding hydrogens is 258 g/mol. The number of benzene rings is 1. The Balaban J connectivity index is 2.92. The normalized spacial score (nSPS) is 12.7. The number of ether oxygens (including phenoxy) is 1. The molecule has 0 saturated heterocycles. The minimum absolute atomic E-state index is 0.298. The summed E-state index contributed by atoms with van der Waals surface area (Å²) in [6.45, 7) is 2.96. The fraction of sp³-hybridized carbons (Fsp3) is 0.357. The van der Waals surface area contributed by atoms with Crippen LogP contribution in [0.2, 0.25) is 0 Å². The number of carbonyl (C=O) groups is 2. The van der Waals surface area contributed by atoms with E-state index < -0.39 is 11.5 Å². The van der Waals surface area contributed by atoms with Crippen LogP contribution >= 0.6 is 0 Å². The van der Waals surface area contributed by atoms with E-state index in [0.717, 1.165) is 5.56 Å². The maximum atomic E-state index is 11.9. The monoisotopic (exact) mass is 275 g/mol. The zero-order valence-electron chi connectivity index (χ0n) is 11.7. The molecule has 1 rings (SSSR count). The van der Waals surface area contributed by atoms with Gasteiger partial charge in [0, 0.05) is 19.0 Å². The van der Waals surface area contributed by atoms with E-state index in [2.05, 4.69) is 10.6 Å². The van der Waals surface area contributed by atoms with Gasteiger partial charge in [-0.3, -0.25) is 10.1 Å². The Labute approximate surface area is 117 Å². The van der Waals surface area contributed by atoms with Gasteiger partial charge in [0.1, 0.15) is 5.54 Å². The van der Waals surface area contributed by atoms with Crippen LogP contribution in [0.15, 0.2) is 24.3 Å². The van der Waals surface area contributed by atoms with Crippen molar-refractivity contribution in [3.05, 3.63) is 29.8 Å². The molecule has 0 unspecified atom stereocenters. The summed E-state index contributed by atoms with van der Waals surface area (Å²) in [5.74, 6) is -0.812. The number of carbonyl (C=O) groups excluding carboxylic acids is 2. The number of esters is 1. The molecule has 1 atom stereocenters. The average molecular weight is 275 g/mol. The Morgan fingerprint density at radius 2 is 1.95 bits per heavy atom. The van der Waals surface area contributed by atoms with E-state index in [1.54, 1.807) is 31.2 Å². The first-order valence-electron chi connectivity index (χ1n) is 6.02. The summed E-state index contributed by atoms with van der Waals surface area (Å²) in [6.07, 6.45) is 2.12. The van der Waals surface area contributed by atoms with E-state index >= 15 is 0 Å². The van der Waals surface area contributed by atoms with E-state index in [1.807, 2.05) is 6.19 Å². The molecule has 0 bridgehead atoms. The number of nitrogens with zero attached hydrogens (tertiary/aromatic N) is 1. The molecule has 0 spiro atoms. The fourth-order valence-corrected chi connectivity index (χ4v) is 1.96. The van der Waals surface area contributed by atoms with Crippen LogP contribution in [-0.2, 0) is 20.7 Å². The molecule has 0 radical (unpaired) electrons. The molecule has 0 aliphatic carbocycles. The molecule has 0 aliphatic rings. The van der Waals surface area contributed by atoms with Crippen molar-refractivity contribution < 1.29 is 14.3 Å². The maximum Gasteiger partial charge on any atom is 0.331 e. The third-order valence-corrected chi connectivity index (χ3v) is 2.80. The van der Waals surface area contributed by atoms with E-state index in [-0.39, 0.29) is 5.91 Å². The van der Waals surface area contributed by atoms with E-state index in [4.69, 9.17) is 10.00 Å². The van der Waals surface area contributed by atoms with Gasteiger partial charge < -0.3 is 10.1 Å². The second-order valence-corrected chi connectivity index (χ2v) is 4.62.